The minimum Gasteiger partial charge on any atom is -0.493 e. The zero-order chi connectivity index (χ0) is 23.3. The van der Waals surface area contributed by atoms with Crippen molar-refractivity contribution < 1.29 is 14.3 Å². The Kier molecular flexibility index (Phi) is 7.58. The molecule has 1 N–H and O–H groups in total. The van der Waals surface area contributed by atoms with Gasteiger partial charge in [-0.3, -0.25) is 14.3 Å². The topological polar surface area (TPSA) is 76.5 Å². The minimum absolute atomic E-state index is 0.120. The van der Waals surface area contributed by atoms with E-state index >= 15 is 0 Å². The molecule has 33 heavy (non-hydrogen) atoms. The van der Waals surface area contributed by atoms with E-state index in [1.165, 1.54) is 0 Å². The van der Waals surface area contributed by atoms with Crippen LogP contribution in [0.25, 0.3) is 0 Å². The van der Waals surface area contributed by atoms with Gasteiger partial charge in [0.1, 0.15) is 5.75 Å². The molecule has 0 aliphatic carbocycles. The fourth-order valence-electron chi connectivity index (χ4n) is 4.96. The van der Waals surface area contributed by atoms with Crippen LogP contribution in [0.5, 0.6) is 5.75 Å². The van der Waals surface area contributed by atoms with Gasteiger partial charge in [0, 0.05) is 37.8 Å². The lowest BCUT2D eigenvalue weighted by atomic mass is 9.75. The first-order valence-corrected chi connectivity index (χ1v) is 12.4. The molecule has 0 saturated carbocycles. The Morgan fingerprint density at radius 2 is 2.03 bits per heavy atom. The number of hydrogen-bond donors (Lipinski definition) is 1. The summed E-state index contributed by atoms with van der Waals surface area (Å²) in [6.07, 6.45) is 8.52. The molecule has 2 aliphatic rings. The average Bonchev–Trinajstić information content (AvgIpc) is 3.19. The Labute approximate surface area is 200 Å². The molecule has 0 bridgehead atoms. The maximum atomic E-state index is 13.3. The highest BCUT2D eigenvalue weighted by molar-refractivity contribution is 6.33. The predicted molar refractivity (Wildman–Crippen MR) is 128 cm³/mol. The quantitative estimate of drug-likeness (QED) is 0.710. The summed E-state index contributed by atoms with van der Waals surface area (Å²) in [5.41, 5.74) is 0.729. The molecule has 1 saturated heterocycles. The van der Waals surface area contributed by atoms with Gasteiger partial charge < -0.3 is 15.0 Å². The first-order chi connectivity index (χ1) is 16.0. The standard InChI is InChI=1S/C25H33ClN4O3/c1-2-13-30-16-20(26)22(28-30)24(32)29-14-8-12-25(18-29)11-6-3-7-15-33-21-10-5-4-9-19(21)23(31)27-17-25/h4-5,9-10,16H,2-3,6-8,11-15,17-18H2,1H3,(H,27,31). The van der Waals surface area contributed by atoms with E-state index in [0.717, 1.165) is 51.5 Å². The number of likely N-dealkylation sites (tertiary alicyclic amines) is 1. The number of rotatable bonds is 3. The lowest BCUT2D eigenvalue weighted by Gasteiger charge is -2.43. The highest BCUT2D eigenvalue weighted by Gasteiger charge is 2.38. The van der Waals surface area contributed by atoms with Crippen molar-refractivity contribution in [3.8, 4) is 5.75 Å². The largest absolute Gasteiger partial charge is 0.493 e. The van der Waals surface area contributed by atoms with Crippen molar-refractivity contribution in [2.75, 3.05) is 26.2 Å². The SMILES string of the molecule is CCCn1cc(Cl)c(C(=O)N2CCCC3(CCCCCOc4ccccc4C(=O)NC3)C2)n1. The Bertz CT molecular complexity index is 992. The van der Waals surface area contributed by atoms with Gasteiger partial charge >= 0.3 is 0 Å². The molecule has 1 aromatic heterocycles. The normalized spacial score (nSPS) is 22.0. The average molecular weight is 473 g/mol. The molecule has 2 aliphatic heterocycles. The van der Waals surface area contributed by atoms with Crippen molar-refractivity contribution in [1.29, 1.82) is 0 Å². The summed E-state index contributed by atoms with van der Waals surface area (Å²) < 4.78 is 7.60. The lowest BCUT2D eigenvalue weighted by Crippen LogP contribution is -2.51. The van der Waals surface area contributed by atoms with Crippen LogP contribution in [-0.4, -0.2) is 52.7 Å². The molecule has 7 nitrogen and oxygen atoms in total. The number of carbonyl (C=O) groups excluding carboxylic acids is 2. The van der Waals surface area contributed by atoms with E-state index in [1.54, 1.807) is 16.9 Å². The number of carbonyl (C=O) groups is 2. The smallest absolute Gasteiger partial charge is 0.275 e. The van der Waals surface area contributed by atoms with E-state index in [2.05, 4.69) is 17.3 Å². The molecule has 3 heterocycles. The molecule has 0 radical (unpaired) electrons. The van der Waals surface area contributed by atoms with Crippen LogP contribution in [0.3, 0.4) is 0 Å². The third kappa shape index (κ3) is 5.52. The number of benzene rings is 1. The molecule has 1 atom stereocenters. The van der Waals surface area contributed by atoms with Gasteiger partial charge in [0.25, 0.3) is 11.8 Å². The van der Waals surface area contributed by atoms with Crippen LogP contribution >= 0.6 is 11.6 Å². The maximum absolute atomic E-state index is 13.3. The molecule has 178 valence electrons. The van der Waals surface area contributed by atoms with Crippen molar-refractivity contribution in [2.45, 2.75) is 58.4 Å². The second-order valence-electron chi connectivity index (χ2n) is 9.26. The Morgan fingerprint density at radius 3 is 2.88 bits per heavy atom. The van der Waals surface area contributed by atoms with Gasteiger partial charge in [-0.15, -0.1) is 0 Å². The van der Waals surface area contributed by atoms with Gasteiger partial charge in [-0.2, -0.15) is 5.10 Å². The van der Waals surface area contributed by atoms with Crippen LogP contribution < -0.4 is 10.1 Å². The summed E-state index contributed by atoms with van der Waals surface area (Å²) in [6, 6.07) is 7.39. The predicted octanol–water partition coefficient (Wildman–Crippen LogP) is 4.55. The molecule has 2 amide bonds. The van der Waals surface area contributed by atoms with E-state index in [4.69, 9.17) is 16.3 Å². The zero-order valence-electron chi connectivity index (χ0n) is 19.3. The fourth-order valence-corrected chi connectivity index (χ4v) is 5.19. The molecule has 1 spiro atoms. The molecular formula is C25H33ClN4O3. The lowest BCUT2D eigenvalue weighted by molar-refractivity contribution is 0.0463. The number of amides is 2. The number of piperidine rings is 1. The monoisotopic (exact) mass is 472 g/mol. The Morgan fingerprint density at radius 1 is 1.21 bits per heavy atom. The van der Waals surface area contributed by atoms with Gasteiger partial charge in [0.2, 0.25) is 0 Å². The van der Waals surface area contributed by atoms with Crippen molar-refractivity contribution in [2.24, 2.45) is 5.41 Å². The van der Waals surface area contributed by atoms with Crippen LogP contribution in [0.2, 0.25) is 5.02 Å². The van der Waals surface area contributed by atoms with E-state index < -0.39 is 0 Å². The molecule has 4 rings (SSSR count). The van der Waals surface area contributed by atoms with Crippen LogP contribution in [-0.2, 0) is 6.54 Å². The fraction of sp³-hybridized carbons (Fsp3) is 0.560. The van der Waals surface area contributed by atoms with E-state index in [-0.39, 0.29) is 17.2 Å². The van der Waals surface area contributed by atoms with Crippen molar-refractivity contribution in [3.05, 3.63) is 46.7 Å². The number of hydrogen-bond acceptors (Lipinski definition) is 4. The summed E-state index contributed by atoms with van der Waals surface area (Å²) in [7, 11) is 0. The molecule has 2 aromatic rings. The molecule has 8 heteroatoms. The van der Waals surface area contributed by atoms with Crippen LogP contribution in [0.15, 0.2) is 30.5 Å². The number of nitrogens with one attached hydrogen (secondary N) is 1. The van der Waals surface area contributed by atoms with Crippen LogP contribution in [0.4, 0.5) is 0 Å². The number of nitrogens with zero attached hydrogens (tertiary/aromatic N) is 3. The summed E-state index contributed by atoms with van der Waals surface area (Å²) in [5.74, 6) is 0.378. The van der Waals surface area contributed by atoms with Crippen molar-refractivity contribution in [1.82, 2.24) is 20.0 Å². The summed E-state index contributed by atoms with van der Waals surface area (Å²) >= 11 is 6.36. The van der Waals surface area contributed by atoms with Gasteiger partial charge in [0.05, 0.1) is 17.2 Å². The van der Waals surface area contributed by atoms with Crippen molar-refractivity contribution in [3.63, 3.8) is 0 Å². The summed E-state index contributed by atoms with van der Waals surface area (Å²) in [6.45, 7) is 5.20. The van der Waals surface area contributed by atoms with E-state index in [0.29, 0.717) is 48.3 Å². The number of halogens is 1. The van der Waals surface area contributed by atoms with E-state index in [9.17, 15) is 9.59 Å². The van der Waals surface area contributed by atoms with Crippen LogP contribution in [0.1, 0.15) is 72.7 Å². The summed E-state index contributed by atoms with van der Waals surface area (Å²) in [4.78, 5) is 28.2. The zero-order valence-corrected chi connectivity index (χ0v) is 20.1. The maximum Gasteiger partial charge on any atom is 0.275 e. The number of ether oxygens (including phenoxy) is 1. The van der Waals surface area contributed by atoms with Gasteiger partial charge in [-0.1, -0.05) is 43.5 Å². The molecule has 1 unspecified atom stereocenters. The highest BCUT2D eigenvalue weighted by Crippen LogP contribution is 2.36. The third-order valence-corrected chi connectivity index (χ3v) is 6.96. The Hall–Kier alpha value is -2.54. The molecule has 1 fully saturated rings. The second-order valence-corrected chi connectivity index (χ2v) is 9.66. The van der Waals surface area contributed by atoms with Gasteiger partial charge in [-0.05, 0) is 44.2 Å². The van der Waals surface area contributed by atoms with E-state index in [1.807, 2.05) is 23.1 Å². The van der Waals surface area contributed by atoms with Gasteiger partial charge in [-0.25, -0.2) is 0 Å². The number of para-hydroxylation sites is 1. The first kappa shape index (κ1) is 23.6. The number of aryl methyl sites for hydroxylation is 1. The molecule has 1 aromatic carbocycles. The first-order valence-electron chi connectivity index (χ1n) is 12.0. The number of aromatic nitrogens is 2. The minimum atomic E-state index is -0.156. The summed E-state index contributed by atoms with van der Waals surface area (Å²) in [5, 5.41) is 7.98. The molecular weight excluding hydrogens is 440 g/mol. The van der Waals surface area contributed by atoms with Crippen LogP contribution in [0, 0.1) is 5.41 Å². The highest BCUT2D eigenvalue weighted by atomic mass is 35.5. The van der Waals surface area contributed by atoms with Gasteiger partial charge in [0.15, 0.2) is 5.69 Å². The third-order valence-electron chi connectivity index (χ3n) is 6.69. The van der Waals surface area contributed by atoms with Crippen molar-refractivity contribution >= 4 is 23.4 Å². The number of fused-ring (bicyclic) bond motifs is 1. The second kappa shape index (κ2) is 10.6. The Balaban J connectivity index is 1.52.